The van der Waals surface area contributed by atoms with E-state index in [2.05, 4.69) is 10.3 Å². The fraction of sp³-hybridized carbons (Fsp3) is 0.133. The molecule has 0 aliphatic rings. The Morgan fingerprint density at radius 2 is 1.89 bits per heavy atom. The third-order valence-electron chi connectivity index (χ3n) is 2.84. The van der Waals surface area contributed by atoms with Gasteiger partial charge in [0, 0.05) is 11.9 Å². The molecule has 4 nitrogen and oxygen atoms in total. The molecule has 1 amide bonds. The Morgan fingerprint density at radius 3 is 2.42 bits per heavy atom. The van der Waals surface area contributed by atoms with Gasteiger partial charge in [0.2, 0.25) is 0 Å². The van der Waals surface area contributed by atoms with Crippen molar-refractivity contribution in [2.75, 3.05) is 5.32 Å². The van der Waals surface area contributed by atoms with Crippen molar-refractivity contribution in [1.29, 1.82) is 5.26 Å². The van der Waals surface area contributed by atoms with E-state index in [1.807, 2.05) is 38.1 Å². The molecule has 0 spiro atoms. The zero-order valence-corrected chi connectivity index (χ0v) is 10.8. The van der Waals surface area contributed by atoms with Gasteiger partial charge in [-0.25, -0.2) is 4.98 Å². The predicted octanol–water partition coefficient (Wildman–Crippen LogP) is 2.82. The minimum atomic E-state index is -0.276. The van der Waals surface area contributed by atoms with Crippen molar-refractivity contribution in [2.45, 2.75) is 13.8 Å². The molecule has 0 unspecified atom stereocenters. The maximum Gasteiger partial charge on any atom is 0.274 e. The number of amides is 1. The number of aryl methyl sites for hydroxylation is 2. The second-order valence-corrected chi connectivity index (χ2v) is 4.26. The van der Waals surface area contributed by atoms with Gasteiger partial charge < -0.3 is 5.32 Å². The molecule has 19 heavy (non-hydrogen) atoms. The summed E-state index contributed by atoms with van der Waals surface area (Å²) < 4.78 is 0. The zero-order chi connectivity index (χ0) is 13.8. The van der Waals surface area contributed by atoms with E-state index in [4.69, 9.17) is 5.26 Å². The Kier molecular flexibility index (Phi) is 3.58. The van der Waals surface area contributed by atoms with Crippen LogP contribution in [0, 0.1) is 25.2 Å². The van der Waals surface area contributed by atoms with Gasteiger partial charge in [-0.3, -0.25) is 4.79 Å². The molecule has 2 aromatic rings. The molecule has 0 saturated carbocycles. The van der Waals surface area contributed by atoms with E-state index in [1.165, 1.54) is 6.20 Å². The Hall–Kier alpha value is -2.67. The molecule has 0 radical (unpaired) electrons. The molecule has 1 aromatic heterocycles. The summed E-state index contributed by atoms with van der Waals surface area (Å²) in [5, 5.41) is 11.5. The van der Waals surface area contributed by atoms with Crippen LogP contribution in [0.4, 0.5) is 5.69 Å². The maximum absolute atomic E-state index is 12.1. The molecule has 1 N–H and O–H groups in total. The zero-order valence-electron chi connectivity index (χ0n) is 10.8. The standard InChI is InChI=1S/C15H13N3O/c1-10-4-3-5-11(2)14(10)18-15(19)13-7-6-12(8-16)9-17-13/h3-7,9H,1-2H3,(H,18,19). The highest BCUT2D eigenvalue weighted by atomic mass is 16.1. The highest BCUT2D eigenvalue weighted by Gasteiger charge is 2.10. The van der Waals surface area contributed by atoms with Crippen molar-refractivity contribution in [1.82, 2.24) is 4.98 Å². The Morgan fingerprint density at radius 1 is 1.21 bits per heavy atom. The third-order valence-corrected chi connectivity index (χ3v) is 2.84. The van der Waals surface area contributed by atoms with Crippen LogP contribution in [0.3, 0.4) is 0 Å². The van der Waals surface area contributed by atoms with E-state index >= 15 is 0 Å². The average Bonchev–Trinajstić information content (AvgIpc) is 2.43. The molecule has 4 heteroatoms. The van der Waals surface area contributed by atoms with E-state index in [9.17, 15) is 4.79 Å². The number of anilines is 1. The highest BCUT2D eigenvalue weighted by Crippen LogP contribution is 2.19. The number of nitrogens with one attached hydrogen (secondary N) is 1. The third kappa shape index (κ3) is 2.78. The van der Waals surface area contributed by atoms with Crippen LogP contribution < -0.4 is 5.32 Å². The van der Waals surface area contributed by atoms with E-state index in [0.717, 1.165) is 16.8 Å². The number of para-hydroxylation sites is 1. The fourth-order valence-corrected chi connectivity index (χ4v) is 1.78. The van der Waals surface area contributed by atoms with Crippen LogP contribution in [0.2, 0.25) is 0 Å². The van der Waals surface area contributed by atoms with Gasteiger partial charge in [0.25, 0.3) is 5.91 Å². The quantitative estimate of drug-likeness (QED) is 0.892. The van der Waals surface area contributed by atoms with Crippen molar-refractivity contribution >= 4 is 11.6 Å². The first-order valence-electron chi connectivity index (χ1n) is 5.85. The SMILES string of the molecule is Cc1cccc(C)c1NC(=O)c1ccc(C#N)cn1. The number of aromatic nitrogens is 1. The number of carbonyl (C=O) groups is 1. The van der Waals surface area contributed by atoms with E-state index in [1.54, 1.807) is 12.1 Å². The van der Waals surface area contributed by atoms with Crippen LogP contribution in [-0.4, -0.2) is 10.9 Å². The molecular weight excluding hydrogens is 238 g/mol. The Balaban J connectivity index is 2.23. The number of carbonyl (C=O) groups excluding carboxylic acids is 1. The largest absolute Gasteiger partial charge is 0.320 e. The van der Waals surface area contributed by atoms with Gasteiger partial charge in [-0.05, 0) is 37.1 Å². The second-order valence-electron chi connectivity index (χ2n) is 4.26. The summed E-state index contributed by atoms with van der Waals surface area (Å²) in [4.78, 5) is 16.0. The molecule has 0 saturated heterocycles. The van der Waals surface area contributed by atoms with Crippen molar-refractivity contribution in [3.05, 3.63) is 58.9 Å². The first-order chi connectivity index (χ1) is 9.11. The summed E-state index contributed by atoms with van der Waals surface area (Å²) in [5.74, 6) is -0.276. The molecule has 0 aliphatic carbocycles. The van der Waals surface area contributed by atoms with E-state index in [-0.39, 0.29) is 5.91 Å². The summed E-state index contributed by atoms with van der Waals surface area (Å²) in [6.07, 6.45) is 1.39. The molecule has 94 valence electrons. The lowest BCUT2D eigenvalue weighted by Crippen LogP contribution is -2.15. The minimum Gasteiger partial charge on any atom is -0.320 e. The van der Waals surface area contributed by atoms with Crippen LogP contribution in [-0.2, 0) is 0 Å². The molecular formula is C15H13N3O. The van der Waals surface area contributed by atoms with Gasteiger partial charge in [0.15, 0.2) is 0 Å². The van der Waals surface area contributed by atoms with Crippen LogP contribution in [0.1, 0.15) is 27.2 Å². The van der Waals surface area contributed by atoms with Crippen molar-refractivity contribution in [2.24, 2.45) is 0 Å². The number of hydrogen-bond acceptors (Lipinski definition) is 3. The molecule has 0 aliphatic heterocycles. The van der Waals surface area contributed by atoms with Crippen LogP contribution >= 0.6 is 0 Å². The van der Waals surface area contributed by atoms with Crippen molar-refractivity contribution in [3.63, 3.8) is 0 Å². The average molecular weight is 251 g/mol. The number of hydrogen-bond donors (Lipinski definition) is 1. The molecule has 2 rings (SSSR count). The van der Waals surface area contributed by atoms with Gasteiger partial charge in [-0.15, -0.1) is 0 Å². The van der Waals surface area contributed by atoms with Gasteiger partial charge >= 0.3 is 0 Å². The van der Waals surface area contributed by atoms with Crippen LogP contribution in [0.25, 0.3) is 0 Å². The lowest BCUT2D eigenvalue weighted by Gasteiger charge is -2.10. The lowest BCUT2D eigenvalue weighted by molar-refractivity contribution is 0.102. The van der Waals surface area contributed by atoms with Crippen LogP contribution in [0.5, 0.6) is 0 Å². The lowest BCUT2D eigenvalue weighted by atomic mass is 10.1. The molecule has 0 fully saturated rings. The van der Waals surface area contributed by atoms with Gasteiger partial charge in [0.1, 0.15) is 11.8 Å². The number of nitrogens with zero attached hydrogens (tertiary/aromatic N) is 2. The highest BCUT2D eigenvalue weighted by molar-refractivity contribution is 6.03. The predicted molar refractivity (Wildman–Crippen MR) is 72.8 cm³/mol. The Bertz CT molecular complexity index is 634. The van der Waals surface area contributed by atoms with Gasteiger partial charge in [0.05, 0.1) is 5.56 Å². The topological polar surface area (TPSA) is 65.8 Å². The summed E-state index contributed by atoms with van der Waals surface area (Å²) in [7, 11) is 0. The first-order valence-corrected chi connectivity index (χ1v) is 5.85. The Labute approximate surface area is 111 Å². The van der Waals surface area contributed by atoms with E-state index in [0.29, 0.717) is 11.3 Å². The van der Waals surface area contributed by atoms with Crippen molar-refractivity contribution in [3.8, 4) is 6.07 Å². The monoisotopic (exact) mass is 251 g/mol. The van der Waals surface area contributed by atoms with Crippen LogP contribution in [0.15, 0.2) is 36.5 Å². The number of rotatable bonds is 2. The van der Waals surface area contributed by atoms with E-state index < -0.39 is 0 Å². The van der Waals surface area contributed by atoms with Gasteiger partial charge in [-0.2, -0.15) is 5.26 Å². The molecule has 1 heterocycles. The second kappa shape index (κ2) is 5.32. The minimum absolute atomic E-state index is 0.276. The molecule has 1 aromatic carbocycles. The molecule has 0 bridgehead atoms. The summed E-state index contributed by atoms with van der Waals surface area (Å²) >= 11 is 0. The summed E-state index contributed by atoms with van der Waals surface area (Å²) in [6.45, 7) is 3.88. The number of benzene rings is 1. The van der Waals surface area contributed by atoms with Crippen molar-refractivity contribution < 1.29 is 4.79 Å². The normalized spacial score (nSPS) is 9.74. The number of nitriles is 1. The first kappa shape index (κ1) is 12.8. The van der Waals surface area contributed by atoms with Gasteiger partial charge in [-0.1, -0.05) is 18.2 Å². The molecule has 0 atom stereocenters. The number of pyridine rings is 1. The summed E-state index contributed by atoms with van der Waals surface area (Å²) in [5.41, 5.74) is 3.54. The smallest absolute Gasteiger partial charge is 0.274 e. The summed E-state index contributed by atoms with van der Waals surface area (Å²) in [6, 6.07) is 10.9. The fourth-order valence-electron chi connectivity index (χ4n) is 1.78. The maximum atomic E-state index is 12.1.